The fourth-order valence-electron chi connectivity index (χ4n) is 2.44. The molecule has 0 aliphatic heterocycles. The first-order valence-electron chi connectivity index (χ1n) is 7.75. The van der Waals surface area contributed by atoms with E-state index >= 15 is 0 Å². The summed E-state index contributed by atoms with van der Waals surface area (Å²) in [7, 11) is 1.87. The van der Waals surface area contributed by atoms with Crippen molar-refractivity contribution >= 4 is 22.4 Å². The summed E-state index contributed by atoms with van der Waals surface area (Å²) in [4.78, 5) is 12.0. The van der Waals surface area contributed by atoms with Crippen LogP contribution in [0.5, 0.6) is 0 Å². The summed E-state index contributed by atoms with van der Waals surface area (Å²) in [6, 6.07) is 10.2. The number of rotatable bonds is 6. The van der Waals surface area contributed by atoms with E-state index in [1.54, 1.807) is 10.9 Å². The number of carbonyl (C=O) groups is 1. The third-order valence-electron chi connectivity index (χ3n) is 3.68. The molecule has 2 aromatic heterocycles. The van der Waals surface area contributed by atoms with Crippen LogP contribution in [-0.2, 0) is 24.7 Å². The molecule has 3 aromatic rings. The summed E-state index contributed by atoms with van der Waals surface area (Å²) < 4.78 is 1.78. The van der Waals surface area contributed by atoms with Crippen molar-refractivity contribution in [3.05, 3.63) is 58.4 Å². The molecule has 124 valence electrons. The van der Waals surface area contributed by atoms with Gasteiger partial charge in [0.05, 0.1) is 0 Å². The van der Waals surface area contributed by atoms with E-state index in [1.165, 1.54) is 22.5 Å². The van der Waals surface area contributed by atoms with Crippen LogP contribution in [0, 0.1) is 6.92 Å². The highest BCUT2D eigenvalue weighted by molar-refractivity contribution is 7.15. The van der Waals surface area contributed by atoms with Crippen molar-refractivity contribution < 1.29 is 4.79 Å². The molecule has 0 atom stereocenters. The van der Waals surface area contributed by atoms with Gasteiger partial charge in [0, 0.05) is 31.8 Å². The highest BCUT2D eigenvalue weighted by atomic mass is 32.1. The maximum absolute atomic E-state index is 12.0. The zero-order valence-electron chi connectivity index (χ0n) is 13.7. The molecule has 24 heavy (non-hydrogen) atoms. The molecule has 1 N–H and O–H groups in total. The molecule has 0 bridgehead atoms. The molecule has 0 aliphatic rings. The average molecular weight is 341 g/mol. The fraction of sp³-hybridized carbons (Fsp3) is 0.294. The number of nitrogens with zero attached hydrogens (tertiary/aromatic N) is 4. The van der Waals surface area contributed by atoms with Gasteiger partial charge in [-0.25, -0.2) is 0 Å². The van der Waals surface area contributed by atoms with Gasteiger partial charge in [-0.3, -0.25) is 9.48 Å². The topological polar surface area (TPSA) is 72.7 Å². The predicted octanol–water partition coefficient (Wildman–Crippen LogP) is 2.74. The molecule has 0 fully saturated rings. The molecule has 6 nitrogen and oxygen atoms in total. The largest absolute Gasteiger partial charge is 0.301 e. The first-order chi connectivity index (χ1) is 11.6. The van der Waals surface area contributed by atoms with Gasteiger partial charge in [-0.1, -0.05) is 41.2 Å². The Bertz CT molecular complexity index is 839. The molecule has 0 radical (unpaired) electrons. The van der Waals surface area contributed by atoms with E-state index in [0.717, 1.165) is 17.1 Å². The van der Waals surface area contributed by atoms with Gasteiger partial charge in [0.2, 0.25) is 11.0 Å². The monoisotopic (exact) mass is 341 g/mol. The number of benzene rings is 1. The first kappa shape index (κ1) is 16.3. The molecular weight excluding hydrogens is 322 g/mol. The molecule has 0 aliphatic carbocycles. The minimum atomic E-state index is -0.0607. The molecule has 1 aromatic carbocycles. The third kappa shape index (κ3) is 4.26. The van der Waals surface area contributed by atoms with Gasteiger partial charge in [0.25, 0.3) is 0 Å². The van der Waals surface area contributed by atoms with Gasteiger partial charge < -0.3 is 5.32 Å². The zero-order valence-corrected chi connectivity index (χ0v) is 14.5. The van der Waals surface area contributed by atoms with E-state index in [4.69, 9.17) is 0 Å². The number of hydrogen-bond donors (Lipinski definition) is 1. The van der Waals surface area contributed by atoms with E-state index in [9.17, 15) is 4.79 Å². The van der Waals surface area contributed by atoms with Crippen LogP contribution in [0.1, 0.15) is 28.2 Å². The number of amides is 1. The summed E-state index contributed by atoms with van der Waals surface area (Å²) in [6.07, 6.45) is 3.50. The lowest BCUT2D eigenvalue weighted by Gasteiger charge is -2.02. The van der Waals surface area contributed by atoms with Crippen molar-refractivity contribution in [1.82, 2.24) is 20.0 Å². The Kier molecular flexibility index (Phi) is 5.00. The summed E-state index contributed by atoms with van der Waals surface area (Å²) in [5.41, 5.74) is 3.45. The van der Waals surface area contributed by atoms with Crippen LogP contribution >= 0.6 is 11.3 Å². The van der Waals surface area contributed by atoms with Gasteiger partial charge in [-0.15, -0.1) is 10.2 Å². The SMILES string of the molecule is Cc1cccc(Cc2nnc(NC(=O)CCc3ccnn3C)s2)c1. The van der Waals surface area contributed by atoms with Crippen molar-refractivity contribution in [1.29, 1.82) is 0 Å². The maximum atomic E-state index is 12.0. The fourth-order valence-corrected chi connectivity index (χ4v) is 3.23. The van der Waals surface area contributed by atoms with E-state index in [2.05, 4.69) is 45.7 Å². The Morgan fingerprint density at radius 1 is 1.29 bits per heavy atom. The van der Waals surface area contributed by atoms with Crippen molar-refractivity contribution in [2.75, 3.05) is 5.32 Å². The van der Waals surface area contributed by atoms with Crippen LogP contribution in [-0.4, -0.2) is 25.9 Å². The van der Waals surface area contributed by atoms with Crippen LogP contribution in [0.3, 0.4) is 0 Å². The summed E-state index contributed by atoms with van der Waals surface area (Å²) in [5, 5.41) is 16.6. The van der Waals surface area contributed by atoms with Crippen LogP contribution in [0.15, 0.2) is 36.5 Å². The Labute approximate surface area is 144 Å². The van der Waals surface area contributed by atoms with Crippen molar-refractivity contribution in [3.8, 4) is 0 Å². The normalized spacial score (nSPS) is 10.8. The van der Waals surface area contributed by atoms with Gasteiger partial charge in [0.1, 0.15) is 5.01 Å². The molecule has 0 spiro atoms. The second kappa shape index (κ2) is 7.35. The molecule has 2 heterocycles. The average Bonchev–Trinajstić information content (AvgIpc) is 3.14. The van der Waals surface area contributed by atoms with E-state index in [1.807, 2.05) is 19.2 Å². The van der Waals surface area contributed by atoms with Crippen LogP contribution in [0.25, 0.3) is 0 Å². The quantitative estimate of drug-likeness (QED) is 0.748. The molecule has 0 saturated heterocycles. The Morgan fingerprint density at radius 2 is 2.17 bits per heavy atom. The molecule has 0 saturated carbocycles. The number of hydrogen-bond acceptors (Lipinski definition) is 5. The predicted molar refractivity (Wildman–Crippen MR) is 94.1 cm³/mol. The Balaban J connectivity index is 1.53. The van der Waals surface area contributed by atoms with Gasteiger partial charge in [0.15, 0.2) is 0 Å². The number of aryl methyl sites for hydroxylation is 3. The molecule has 0 unspecified atom stereocenters. The smallest absolute Gasteiger partial charge is 0.226 e. The van der Waals surface area contributed by atoms with Crippen LogP contribution in [0.2, 0.25) is 0 Å². The maximum Gasteiger partial charge on any atom is 0.226 e. The standard InChI is InChI=1S/C17H19N5OS/c1-12-4-3-5-13(10-12)11-16-20-21-17(24-16)19-15(23)7-6-14-8-9-18-22(14)2/h3-5,8-10H,6-7,11H2,1-2H3,(H,19,21,23). The van der Waals surface area contributed by atoms with Crippen LogP contribution < -0.4 is 5.32 Å². The zero-order chi connectivity index (χ0) is 16.9. The van der Waals surface area contributed by atoms with Crippen molar-refractivity contribution in [2.24, 2.45) is 7.05 Å². The van der Waals surface area contributed by atoms with Gasteiger partial charge >= 0.3 is 0 Å². The summed E-state index contributed by atoms with van der Waals surface area (Å²) in [6.45, 7) is 2.07. The first-order valence-corrected chi connectivity index (χ1v) is 8.56. The van der Waals surface area contributed by atoms with Gasteiger partial charge in [-0.2, -0.15) is 5.10 Å². The van der Waals surface area contributed by atoms with Crippen molar-refractivity contribution in [3.63, 3.8) is 0 Å². The minimum Gasteiger partial charge on any atom is -0.301 e. The lowest BCUT2D eigenvalue weighted by molar-refractivity contribution is -0.116. The van der Waals surface area contributed by atoms with Crippen LogP contribution in [0.4, 0.5) is 5.13 Å². The molecule has 7 heteroatoms. The number of nitrogens with one attached hydrogen (secondary N) is 1. The second-order valence-electron chi connectivity index (χ2n) is 5.66. The Hall–Kier alpha value is -2.54. The summed E-state index contributed by atoms with van der Waals surface area (Å²) >= 11 is 1.42. The van der Waals surface area contributed by atoms with Crippen molar-refractivity contribution in [2.45, 2.75) is 26.2 Å². The molecule has 1 amide bonds. The minimum absolute atomic E-state index is 0.0607. The second-order valence-corrected chi connectivity index (χ2v) is 6.72. The number of anilines is 1. The third-order valence-corrected chi connectivity index (χ3v) is 4.52. The van der Waals surface area contributed by atoms with E-state index in [0.29, 0.717) is 18.0 Å². The number of aromatic nitrogens is 4. The highest BCUT2D eigenvalue weighted by Gasteiger charge is 2.10. The van der Waals surface area contributed by atoms with E-state index in [-0.39, 0.29) is 5.91 Å². The Morgan fingerprint density at radius 3 is 2.92 bits per heavy atom. The summed E-state index contributed by atoms with van der Waals surface area (Å²) in [5.74, 6) is -0.0607. The lowest BCUT2D eigenvalue weighted by Crippen LogP contribution is -2.13. The van der Waals surface area contributed by atoms with Gasteiger partial charge in [-0.05, 0) is 25.0 Å². The highest BCUT2D eigenvalue weighted by Crippen LogP contribution is 2.19. The molecule has 3 rings (SSSR count). The number of carbonyl (C=O) groups excluding carboxylic acids is 1. The lowest BCUT2D eigenvalue weighted by atomic mass is 10.1. The molecular formula is C17H19N5OS. The van der Waals surface area contributed by atoms with E-state index < -0.39 is 0 Å².